The van der Waals surface area contributed by atoms with E-state index in [-0.39, 0.29) is 4.99 Å². The van der Waals surface area contributed by atoms with Crippen LogP contribution in [0.3, 0.4) is 0 Å². The fourth-order valence-electron chi connectivity index (χ4n) is 1.64. The molecule has 0 amide bonds. The van der Waals surface area contributed by atoms with E-state index in [2.05, 4.69) is 14.9 Å². The van der Waals surface area contributed by atoms with Gasteiger partial charge in [0.1, 0.15) is 17.4 Å². The summed E-state index contributed by atoms with van der Waals surface area (Å²) >= 11 is 4.77. The first-order valence-electron chi connectivity index (χ1n) is 5.44. The number of aromatic nitrogens is 3. The smallest absolute Gasteiger partial charge is 0.221 e. The number of thiocarbonyl (C=S) groups is 1. The van der Waals surface area contributed by atoms with E-state index in [0.29, 0.717) is 12.2 Å². The highest BCUT2D eigenvalue weighted by molar-refractivity contribution is 7.93. The van der Waals surface area contributed by atoms with Crippen molar-refractivity contribution in [1.29, 1.82) is 0 Å². The average molecular weight is 291 g/mol. The van der Waals surface area contributed by atoms with Crippen molar-refractivity contribution in [1.82, 2.24) is 19.5 Å². The lowest BCUT2D eigenvalue weighted by atomic mass is 10.3. The summed E-state index contributed by atoms with van der Waals surface area (Å²) in [6.07, 6.45) is 1.83. The van der Waals surface area contributed by atoms with Crippen molar-refractivity contribution in [3.63, 3.8) is 0 Å². The van der Waals surface area contributed by atoms with Gasteiger partial charge in [-0.25, -0.2) is 13.1 Å². The van der Waals surface area contributed by atoms with Crippen molar-refractivity contribution in [2.75, 3.05) is 0 Å². The zero-order valence-corrected chi connectivity index (χ0v) is 12.1. The molecule has 2 unspecified atom stereocenters. The highest BCUT2D eigenvalue weighted by Crippen LogP contribution is 2.13. The Morgan fingerprint density at radius 1 is 1.67 bits per heavy atom. The Balaban J connectivity index is 2.90. The predicted octanol–water partition coefficient (Wildman–Crippen LogP) is -0.140. The molecule has 18 heavy (non-hydrogen) atoms. The van der Waals surface area contributed by atoms with Gasteiger partial charge in [-0.15, -0.1) is 10.2 Å². The standard InChI is InChI=1S/C9H17N5O2S2/c1-4-7(8(10)17)18(15,16)13-6(2)9-12-11-5-14(9)3/h5-7,13H,4H2,1-3H3,(H2,10,17). The minimum absolute atomic E-state index is 0.0323. The average Bonchev–Trinajstić information content (AvgIpc) is 2.63. The van der Waals surface area contributed by atoms with Gasteiger partial charge in [-0.1, -0.05) is 19.1 Å². The van der Waals surface area contributed by atoms with E-state index in [1.165, 1.54) is 6.33 Å². The third kappa shape index (κ3) is 3.24. The quantitative estimate of drug-likeness (QED) is 0.707. The first-order chi connectivity index (χ1) is 8.29. The lowest BCUT2D eigenvalue weighted by molar-refractivity contribution is 0.547. The summed E-state index contributed by atoms with van der Waals surface area (Å²) in [4.78, 5) is -0.0323. The molecule has 0 aliphatic heterocycles. The molecule has 0 bridgehead atoms. The topological polar surface area (TPSA) is 103 Å². The lowest BCUT2D eigenvalue weighted by Gasteiger charge is -2.18. The maximum atomic E-state index is 12.1. The number of nitrogens with one attached hydrogen (secondary N) is 1. The molecular formula is C9H17N5O2S2. The molecule has 9 heteroatoms. The molecule has 7 nitrogen and oxygen atoms in total. The molecule has 0 fully saturated rings. The number of sulfonamides is 1. The Morgan fingerprint density at radius 3 is 2.67 bits per heavy atom. The molecule has 2 atom stereocenters. The van der Waals surface area contributed by atoms with Crippen LogP contribution >= 0.6 is 12.2 Å². The lowest BCUT2D eigenvalue weighted by Crippen LogP contribution is -2.42. The van der Waals surface area contributed by atoms with Crippen LogP contribution < -0.4 is 10.5 Å². The van der Waals surface area contributed by atoms with Gasteiger partial charge in [0.15, 0.2) is 0 Å². The van der Waals surface area contributed by atoms with Crippen LogP contribution in [0.5, 0.6) is 0 Å². The van der Waals surface area contributed by atoms with Crippen molar-refractivity contribution < 1.29 is 8.42 Å². The van der Waals surface area contributed by atoms with Gasteiger partial charge in [-0.05, 0) is 13.3 Å². The molecule has 0 aliphatic rings. The maximum Gasteiger partial charge on any atom is 0.221 e. The first kappa shape index (κ1) is 15.0. The maximum absolute atomic E-state index is 12.1. The Kier molecular flexibility index (Phi) is 4.77. The van der Waals surface area contributed by atoms with Crippen molar-refractivity contribution in [3.05, 3.63) is 12.2 Å². The first-order valence-corrected chi connectivity index (χ1v) is 7.39. The van der Waals surface area contributed by atoms with Crippen molar-refractivity contribution in [2.45, 2.75) is 31.6 Å². The molecule has 0 aliphatic carbocycles. The second kappa shape index (κ2) is 5.72. The molecule has 1 aromatic heterocycles. The highest BCUT2D eigenvalue weighted by atomic mass is 32.2. The van der Waals surface area contributed by atoms with Gasteiger partial charge in [0, 0.05) is 7.05 Å². The molecule has 102 valence electrons. The fourth-order valence-corrected chi connectivity index (χ4v) is 3.69. The number of nitrogens with zero attached hydrogens (tertiary/aromatic N) is 3. The van der Waals surface area contributed by atoms with E-state index >= 15 is 0 Å². The molecule has 0 radical (unpaired) electrons. The summed E-state index contributed by atoms with van der Waals surface area (Å²) in [6, 6.07) is -0.495. The number of hydrogen-bond acceptors (Lipinski definition) is 5. The number of hydrogen-bond donors (Lipinski definition) is 2. The largest absolute Gasteiger partial charge is 0.392 e. The van der Waals surface area contributed by atoms with Crippen LogP contribution in [-0.2, 0) is 17.1 Å². The summed E-state index contributed by atoms with van der Waals surface area (Å²) in [5.74, 6) is 0.524. The zero-order valence-electron chi connectivity index (χ0n) is 10.5. The second-order valence-electron chi connectivity index (χ2n) is 3.98. The van der Waals surface area contributed by atoms with Crippen LogP contribution in [0.15, 0.2) is 6.33 Å². The summed E-state index contributed by atoms with van der Waals surface area (Å²) in [7, 11) is -1.87. The second-order valence-corrected chi connectivity index (χ2v) is 6.35. The van der Waals surface area contributed by atoms with Gasteiger partial charge in [-0.3, -0.25) is 0 Å². The number of rotatable bonds is 6. The molecular weight excluding hydrogens is 274 g/mol. The van der Waals surface area contributed by atoms with E-state index in [1.807, 2.05) is 0 Å². The molecule has 0 spiro atoms. The van der Waals surface area contributed by atoms with E-state index in [1.54, 1.807) is 25.5 Å². The van der Waals surface area contributed by atoms with Gasteiger partial charge < -0.3 is 10.3 Å². The number of aryl methyl sites for hydroxylation is 1. The van der Waals surface area contributed by atoms with Gasteiger partial charge in [-0.2, -0.15) is 0 Å². The summed E-state index contributed by atoms with van der Waals surface area (Å²) in [5, 5.41) is 6.68. The van der Waals surface area contributed by atoms with Crippen LogP contribution in [-0.4, -0.2) is 33.4 Å². The van der Waals surface area contributed by atoms with E-state index in [9.17, 15) is 8.42 Å². The van der Waals surface area contributed by atoms with Crippen LogP contribution in [0.25, 0.3) is 0 Å². The van der Waals surface area contributed by atoms with Crippen LogP contribution in [0, 0.1) is 0 Å². The normalized spacial score (nSPS) is 15.3. The van der Waals surface area contributed by atoms with E-state index in [4.69, 9.17) is 18.0 Å². The van der Waals surface area contributed by atoms with Gasteiger partial charge in [0.2, 0.25) is 10.0 Å². The molecule has 0 saturated heterocycles. The summed E-state index contributed by atoms with van der Waals surface area (Å²) in [6.45, 7) is 3.41. The monoisotopic (exact) mass is 291 g/mol. The SMILES string of the molecule is CCC(C(N)=S)S(=O)(=O)NC(C)c1nncn1C. The molecule has 1 rings (SSSR count). The Bertz CT molecular complexity index is 525. The predicted molar refractivity (Wildman–Crippen MR) is 72.3 cm³/mol. The molecule has 0 saturated carbocycles. The third-order valence-electron chi connectivity index (χ3n) is 2.54. The summed E-state index contributed by atoms with van der Waals surface area (Å²) < 4.78 is 28.3. The molecule has 1 aromatic rings. The van der Waals surface area contributed by atoms with E-state index < -0.39 is 21.3 Å². The summed E-state index contributed by atoms with van der Waals surface area (Å²) in [5.41, 5.74) is 5.44. The highest BCUT2D eigenvalue weighted by Gasteiger charge is 2.29. The van der Waals surface area contributed by atoms with Gasteiger partial charge in [0.05, 0.1) is 11.0 Å². The minimum Gasteiger partial charge on any atom is -0.392 e. The fraction of sp³-hybridized carbons (Fsp3) is 0.667. The zero-order chi connectivity index (χ0) is 13.9. The Morgan fingerprint density at radius 2 is 2.28 bits per heavy atom. The molecule has 3 N–H and O–H groups in total. The van der Waals surface area contributed by atoms with Crippen molar-refractivity contribution in [2.24, 2.45) is 12.8 Å². The van der Waals surface area contributed by atoms with E-state index in [0.717, 1.165) is 0 Å². The minimum atomic E-state index is -3.61. The number of nitrogens with two attached hydrogens (primary N) is 1. The molecule has 1 heterocycles. The van der Waals surface area contributed by atoms with Gasteiger partial charge in [0.25, 0.3) is 0 Å². The van der Waals surface area contributed by atoms with Crippen molar-refractivity contribution >= 4 is 27.2 Å². The van der Waals surface area contributed by atoms with Crippen molar-refractivity contribution in [3.8, 4) is 0 Å². The van der Waals surface area contributed by atoms with Crippen LogP contribution in [0.4, 0.5) is 0 Å². The van der Waals surface area contributed by atoms with Gasteiger partial charge >= 0.3 is 0 Å². The molecule has 0 aromatic carbocycles. The third-order valence-corrected chi connectivity index (χ3v) is 4.99. The Labute approximate surface area is 112 Å². The Hall–Kier alpha value is -1.06. The van der Waals surface area contributed by atoms with Crippen LogP contribution in [0.1, 0.15) is 32.1 Å². The van der Waals surface area contributed by atoms with Crippen LogP contribution in [0.2, 0.25) is 0 Å².